The van der Waals surface area contributed by atoms with Crippen LogP contribution in [0.1, 0.15) is 12.8 Å². The summed E-state index contributed by atoms with van der Waals surface area (Å²) in [6, 6.07) is 0. The van der Waals surface area contributed by atoms with Crippen molar-refractivity contribution in [1.82, 2.24) is 0 Å². The summed E-state index contributed by atoms with van der Waals surface area (Å²) in [4.78, 5) is 21.8. The maximum absolute atomic E-state index is 11.4. The molecule has 2 bridgehead atoms. The van der Waals surface area contributed by atoms with Crippen LogP contribution in [0.15, 0.2) is 24.3 Å². The zero-order chi connectivity index (χ0) is 9.26. The van der Waals surface area contributed by atoms with Crippen LogP contribution >= 0.6 is 0 Å². The lowest BCUT2D eigenvalue weighted by Gasteiger charge is -2.24. The van der Waals surface area contributed by atoms with Crippen LogP contribution in [0.2, 0.25) is 0 Å². The monoisotopic (exact) mass is 176 g/mol. The van der Waals surface area contributed by atoms with E-state index >= 15 is 0 Å². The minimum absolute atomic E-state index is 0.0277. The number of carbonyl (C=O) groups is 2. The van der Waals surface area contributed by atoms with Gasteiger partial charge in [-0.15, -0.1) is 0 Å². The van der Waals surface area contributed by atoms with Crippen molar-refractivity contribution < 1.29 is 9.59 Å². The molecule has 3 atom stereocenters. The molecule has 0 aliphatic heterocycles. The van der Waals surface area contributed by atoms with Gasteiger partial charge < -0.3 is 4.79 Å². The number of rotatable bonds is 2. The number of aldehydes is 1. The molecular formula is C11H12O2. The Hall–Kier alpha value is -1.18. The molecule has 0 heterocycles. The quantitative estimate of drug-likeness (QED) is 0.472. The van der Waals surface area contributed by atoms with Crippen molar-refractivity contribution in [1.29, 1.82) is 0 Å². The molecule has 0 unspecified atom stereocenters. The molecule has 2 nitrogen and oxygen atoms in total. The molecule has 0 N–H and O–H groups in total. The van der Waals surface area contributed by atoms with Crippen molar-refractivity contribution in [3.8, 4) is 0 Å². The lowest BCUT2D eigenvalue weighted by atomic mass is 9.79. The van der Waals surface area contributed by atoms with E-state index in [2.05, 4.69) is 6.08 Å². The van der Waals surface area contributed by atoms with Gasteiger partial charge in [0.25, 0.3) is 0 Å². The molecule has 0 fully saturated rings. The van der Waals surface area contributed by atoms with Crippen LogP contribution in [-0.4, -0.2) is 12.1 Å². The molecule has 0 spiro atoms. The van der Waals surface area contributed by atoms with E-state index in [0.29, 0.717) is 18.3 Å². The number of carbonyl (C=O) groups excluding carboxylic acids is 2. The fourth-order valence-electron chi connectivity index (χ4n) is 2.12. The molecule has 68 valence electrons. The standard InChI is InChI=1S/C11H12O2/c12-6-5-9-7-10-2-1-8(9)3-4-11(10)13/h1-4,6,8-10H,5,7H2/t8-,9+,10-/m1/s1. The predicted molar refractivity (Wildman–Crippen MR) is 49.1 cm³/mol. The summed E-state index contributed by atoms with van der Waals surface area (Å²) >= 11 is 0. The molecule has 0 amide bonds. The topological polar surface area (TPSA) is 34.1 Å². The fraction of sp³-hybridized carbons (Fsp3) is 0.455. The number of fused-ring (bicyclic) bond motifs is 2. The van der Waals surface area contributed by atoms with E-state index in [-0.39, 0.29) is 11.7 Å². The first-order valence-corrected chi connectivity index (χ1v) is 4.65. The number of hydrogen-bond acceptors (Lipinski definition) is 2. The molecule has 0 saturated heterocycles. The van der Waals surface area contributed by atoms with E-state index < -0.39 is 0 Å². The molecule has 0 aromatic carbocycles. The molecule has 0 aromatic rings. The third-order valence-electron chi connectivity index (χ3n) is 2.91. The lowest BCUT2D eigenvalue weighted by molar-refractivity contribution is -0.117. The fourth-order valence-corrected chi connectivity index (χ4v) is 2.12. The Kier molecular flexibility index (Phi) is 2.13. The zero-order valence-electron chi connectivity index (χ0n) is 7.35. The van der Waals surface area contributed by atoms with Crippen molar-refractivity contribution >= 4 is 12.1 Å². The van der Waals surface area contributed by atoms with E-state index in [0.717, 1.165) is 12.7 Å². The van der Waals surface area contributed by atoms with Crippen molar-refractivity contribution in [2.45, 2.75) is 12.8 Å². The molecule has 0 radical (unpaired) electrons. The summed E-state index contributed by atoms with van der Waals surface area (Å²) in [7, 11) is 0. The normalized spacial score (nSPS) is 36.3. The van der Waals surface area contributed by atoms with Gasteiger partial charge in [0.2, 0.25) is 0 Å². The van der Waals surface area contributed by atoms with Gasteiger partial charge in [-0.25, -0.2) is 0 Å². The SMILES string of the molecule is O=CC[C@H]1C[C@H]2C=C[C@@H]1C=CC2=O. The van der Waals surface area contributed by atoms with Gasteiger partial charge in [0.05, 0.1) is 0 Å². The van der Waals surface area contributed by atoms with E-state index in [4.69, 9.17) is 0 Å². The maximum Gasteiger partial charge on any atom is 0.162 e. The van der Waals surface area contributed by atoms with E-state index in [1.54, 1.807) is 6.08 Å². The second-order valence-corrected chi connectivity index (χ2v) is 3.73. The number of allylic oxidation sites excluding steroid dienone is 4. The summed E-state index contributed by atoms with van der Waals surface area (Å²) < 4.78 is 0. The van der Waals surface area contributed by atoms with Gasteiger partial charge in [-0.2, -0.15) is 0 Å². The molecule has 0 saturated carbocycles. The number of ketones is 1. The Morgan fingerprint density at radius 2 is 2.23 bits per heavy atom. The van der Waals surface area contributed by atoms with Gasteiger partial charge >= 0.3 is 0 Å². The second kappa shape index (κ2) is 3.29. The molecule has 13 heavy (non-hydrogen) atoms. The van der Waals surface area contributed by atoms with E-state index in [9.17, 15) is 9.59 Å². The van der Waals surface area contributed by atoms with Crippen LogP contribution in [0, 0.1) is 17.8 Å². The largest absolute Gasteiger partial charge is 0.303 e. The second-order valence-electron chi connectivity index (χ2n) is 3.73. The highest BCUT2D eigenvalue weighted by atomic mass is 16.1. The van der Waals surface area contributed by atoms with Crippen molar-refractivity contribution in [3.63, 3.8) is 0 Å². The van der Waals surface area contributed by atoms with Crippen LogP contribution in [0.5, 0.6) is 0 Å². The third kappa shape index (κ3) is 1.48. The predicted octanol–water partition coefficient (Wildman–Crippen LogP) is 1.52. The van der Waals surface area contributed by atoms with E-state index in [1.807, 2.05) is 12.2 Å². The summed E-state index contributed by atoms with van der Waals surface area (Å²) in [6.07, 6.45) is 10.0. The highest BCUT2D eigenvalue weighted by Crippen LogP contribution is 2.34. The molecular weight excluding hydrogens is 164 g/mol. The van der Waals surface area contributed by atoms with Crippen molar-refractivity contribution in [3.05, 3.63) is 24.3 Å². The van der Waals surface area contributed by atoms with Crippen LogP contribution in [0.4, 0.5) is 0 Å². The Balaban J connectivity index is 2.23. The molecule has 3 aliphatic rings. The number of hydrogen-bond donors (Lipinski definition) is 0. The highest BCUT2D eigenvalue weighted by molar-refractivity contribution is 5.93. The summed E-state index contributed by atoms with van der Waals surface area (Å²) in [5.74, 6) is 0.857. The summed E-state index contributed by atoms with van der Waals surface area (Å²) in [6.45, 7) is 0. The summed E-state index contributed by atoms with van der Waals surface area (Å²) in [5.41, 5.74) is 0. The van der Waals surface area contributed by atoms with Gasteiger partial charge in [-0.1, -0.05) is 18.2 Å². The van der Waals surface area contributed by atoms with Gasteiger partial charge in [0.15, 0.2) is 5.78 Å². The van der Waals surface area contributed by atoms with Gasteiger partial charge in [0, 0.05) is 12.3 Å². The maximum atomic E-state index is 11.4. The van der Waals surface area contributed by atoms with Gasteiger partial charge in [-0.05, 0) is 24.3 Å². The Morgan fingerprint density at radius 3 is 3.00 bits per heavy atom. The minimum atomic E-state index is 0.0277. The van der Waals surface area contributed by atoms with Crippen LogP contribution in [-0.2, 0) is 9.59 Å². The molecule has 3 aliphatic carbocycles. The van der Waals surface area contributed by atoms with Crippen LogP contribution in [0.25, 0.3) is 0 Å². The Bertz CT molecular complexity index is 288. The smallest absolute Gasteiger partial charge is 0.162 e. The minimum Gasteiger partial charge on any atom is -0.303 e. The van der Waals surface area contributed by atoms with Crippen molar-refractivity contribution in [2.24, 2.45) is 17.8 Å². The Labute approximate surface area is 77.3 Å². The molecule has 3 rings (SSSR count). The molecule has 0 aromatic heterocycles. The van der Waals surface area contributed by atoms with Crippen molar-refractivity contribution in [2.75, 3.05) is 0 Å². The van der Waals surface area contributed by atoms with E-state index in [1.165, 1.54) is 0 Å². The first-order valence-electron chi connectivity index (χ1n) is 4.65. The Morgan fingerprint density at radius 1 is 1.38 bits per heavy atom. The average molecular weight is 176 g/mol. The summed E-state index contributed by atoms with van der Waals surface area (Å²) in [5, 5.41) is 0. The lowest BCUT2D eigenvalue weighted by Crippen LogP contribution is -2.20. The van der Waals surface area contributed by atoms with Crippen LogP contribution in [0.3, 0.4) is 0 Å². The van der Waals surface area contributed by atoms with Crippen LogP contribution < -0.4 is 0 Å². The van der Waals surface area contributed by atoms with Gasteiger partial charge in [-0.3, -0.25) is 4.79 Å². The third-order valence-corrected chi connectivity index (χ3v) is 2.91. The first kappa shape index (κ1) is 8.42. The zero-order valence-corrected chi connectivity index (χ0v) is 7.35. The van der Waals surface area contributed by atoms with Gasteiger partial charge in [0.1, 0.15) is 6.29 Å². The highest BCUT2D eigenvalue weighted by Gasteiger charge is 2.30. The average Bonchev–Trinajstić information content (AvgIpc) is 2.39. The first-order chi connectivity index (χ1) is 6.31. The molecule has 2 heteroatoms.